The normalized spacial score (nSPS) is 11.2. The summed E-state index contributed by atoms with van der Waals surface area (Å²) in [7, 11) is 0. The maximum absolute atomic E-state index is 13.3. The van der Waals surface area contributed by atoms with Gasteiger partial charge < -0.3 is 0 Å². The average Bonchev–Trinajstić information content (AvgIpc) is 3.44. The predicted octanol–water partition coefficient (Wildman–Crippen LogP) is 4.76. The summed E-state index contributed by atoms with van der Waals surface area (Å²) in [5, 5.41) is 22.5. The van der Waals surface area contributed by atoms with Gasteiger partial charge in [-0.25, -0.2) is 0 Å². The first kappa shape index (κ1) is 22.9. The van der Waals surface area contributed by atoms with Crippen LogP contribution in [0.25, 0.3) is 22.5 Å². The van der Waals surface area contributed by atoms with Gasteiger partial charge in [-0.1, -0.05) is 71.8 Å². The van der Waals surface area contributed by atoms with Gasteiger partial charge in [0.2, 0.25) is 0 Å². The number of non-ortho nitro benzene ring substituents is 1. The lowest BCUT2D eigenvalue weighted by Gasteiger charge is -2.18. The van der Waals surface area contributed by atoms with Gasteiger partial charge in [-0.2, -0.15) is 0 Å². The minimum Gasteiger partial charge on any atom is -0.297 e. The van der Waals surface area contributed by atoms with Crippen molar-refractivity contribution < 1.29 is 4.92 Å². The number of nitro benzene ring substituents is 1. The molecule has 2 aromatic heterocycles. The first-order valence-corrected chi connectivity index (χ1v) is 11.3. The van der Waals surface area contributed by atoms with Crippen LogP contribution >= 0.6 is 0 Å². The van der Waals surface area contributed by atoms with E-state index in [1.807, 2.05) is 62.4 Å². The maximum atomic E-state index is 13.3. The molecule has 0 bridgehead atoms. The Morgan fingerprint density at radius 3 is 1.44 bits per heavy atom. The summed E-state index contributed by atoms with van der Waals surface area (Å²) in [5.41, 5.74) is 5.14. The van der Waals surface area contributed by atoms with Crippen LogP contribution in [0.2, 0.25) is 0 Å². The number of benzene rings is 3. The van der Waals surface area contributed by atoms with E-state index in [2.05, 4.69) is 20.4 Å². The number of hydrogen-bond acceptors (Lipinski definition) is 4. The maximum Gasteiger partial charge on any atom is 0.269 e. The van der Waals surface area contributed by atoms with Crippen LogP contribution in [0, 0.1) is 24.0 Å². The fraction of sp³-hybridized carbons (Fsp3) is 0.111. The second-order valence-corrected chi connectivity index (χ2v) is 8.75. The number of rotatable bonds is 6. The van der Waals surface area contributed by atoms with E-state index in [0.29, 0.717) is 28.1 Å². The highest BCUT2D eigenvalue weighted by Crippen LogP contribution is 2.38. The van der Waals surface area contributed by atoms with Gasteiger partial charge in [0.05, 0.1) is 27.4 Å². The highest BCUT2D eigenvalue weighted by molar-refractivity contribution is 5.71. The molecule has 0 aliphatic carbocycles. The Morgan fingerprint density at radius 2 is 1.06 bits per heavy atom. The largest absolute Gasteiger partial charge is 0.297 e. The first-order valence-electron chi connectivity index (χ1n) is 11.3. The Bertz CT molecular complexity index is 1560. The number of nitrogens with zero attached hydrogens (tertiary/aromatic N) is 1. The third kappa shape index (κ3) is 4.07. The molecule has 5 rings (SSSR count). The van der Waals surface area contributed by atoms with E-state index in [9.17, 15) is 19.7 Å². The van der Waals surface area contributed by atoms with Crippen molar-refractivity contribution in [2.24, 2.45) is 0 Å². The predicted molar refractivity (Wildman–Crippen MR) is 137 cm³/mol. The van der Waals surface area contributed by atoms with Crippen LogP contribution < -0.4 is 11.1 Å². The van der Waals surface area contributed by atoms with Gasteiger partial charge in [0.1, 0.15) is 0 Å². The van der Waals surface area contributed by atoms with Gasteiger partial charge in [0, 0.05) is 18.1 Å². The summed E-state index contributed by atoms with van der Waals surface area (Å²) in [6.45, 7) is 3.94. The molecule has 0 amide bonds. The van der Waals surface area contributed by atoms with E-state index in [0.717, 1.165) is 22.3 Å². The van der Waals surface area contributed by atoms with Crippen molar-refractivity contribution in [3.63, 3.8) is 0 Å². The summed E-state index contributed by atoms with van der Waals surface area (Å²) >= 11 is 0. The molecule has 0 unspecified atom stereocenters. The van der Waals surface area contributed by atoms with E-state index < -0.39 is 10.8 Å². The first-order chi connectivity index (χ1) is 17.3. The second kappa shape index (κ2) is 9.03. The molecule has 5 aromatic rings. The Kier molecular flexibility index (Phi) is 5.73. The number of hydrogen-bond donors (Lipinski definition) is 4. The highest BCUT2D eigenvalue weighted by Gasteiger charge is 2.31. The molecule has 3 aromatic carbocycles. The zero-order valence-electron chi connectivity index (χ0n) is 19.6. The van der Waals surface area contributed by atoms with Crippen molar-refractivity contribution in [1.82, 2.24) is 20.4 Å². The average molecular weight is 482 g/mol. The summed E-state index contributed by atoms with van der Waals surface area (Å²) in [6.07, 6.45) is 0. The molecular weight excluding hydrogens is 458 g/mol. The summed E-state index contributed by atoms with van der Waals surface area (Å²) in [6, 6.07) is 21.2. The molecule has 0 aliphatic rings. The summed E-state index contributed by atoms with van der Waals surface area (Å²) in [4.78, 5) is 37.3. The molecular formula is C27H23N5O4. The van der Waals surface area contributed by atoms with Crippen molar-refractivity contribution in [2.45, 2.75) is 19.8 Å². The van der Waals surface area contributed by atoms with E-state index >= 15 is 0 Å². The van der Waals surface area contributed by atoms with Crippen LogP contribution in [0.4, 0.5) is 5.69 Å². The number of nitro groups is 1. The van der Waals surface area contributed by atoms with Crippen LogP contribution in [0.3, 0.4) is 0 Å². The molecule has 0 saturated carbocycles. The Hall–Kier alpha value is -4.92. The molecule has 9 nitrogen and oxygen atoms in total. The highest BCUT2D eigenvalue weighted by atomic mass is 16.6. The molecule has 0 radical (unpaired) electrons. The molecule has 4 N–H and O–H groups in total. The lowest BCUT2D eigenvalue weighted by molar-refractivity contribution is -0.384. The SMILES string of the molecule is Cc1ccc(-c2[nH][nH]c(=O)c2C(c2ccc([N+](=O)[O-])cc2)c2c(-c3ccc(C)cc3)[nH][nH]c2=O)cc1. The van der Waals surface area contributed by atoms with Gasteiger partial charge in [-0.15, -0.1) is 0 Å². The molecule has 180 valence electrons. The minimum absolute atomic E-state index is 0.0824. The molecule has 2 heterocycles. The fourth-order valence-corrected chi connectivity index (χ4v) is 4.45. The van der Waals surface area contributed by atoms with Crippen molar-refractivity contribution in [3.05, 3.63) is 131 Å². The number of aromatic nitrogens is 4. The van der Waals surface area contributed by atoms with Crippen molar-refractivity contribution in [2.75, 3.05) is 0 Å². The Balaban J connectivity index is 1.78. The smallest absolute Gasteiger partial charge is 0.269 e. The molecule has 9 heteroatoms. The van der Waals surface area contributed by atoms with Crippen LogP contribution in [-0.4, -0.2) is 25.3 Å². The van der Waals surface area contributed by atoms with E-state index in [1.165, 1.54) is 12.1 Å². The minimum atomic E-state index is -0.816. The Morgan fingerprint density at radius 1 is 0.639 bits per heavy atom. The van der Waals surface area contributed by atoms with Crippen LogP contribution in [0.1, 0.15) is 33.7 Å². The van der Waals surface area contributed by atoms with E-state index in [1.54, 1.807) is 12.1 Å². The van der Waals surface area contributed by atoms with E-state index in [-0.39, 0.29) is 16.8 Å². The van der Waals surface area contributed by atoms with Gasteiger partial charge >= 0.3 is 0 Å². The number of nitrogens with one attached hydrogen (secondary N) is 4. The molecule has 0 atom stereocenters. The summed E-state index contributed by atoms with van der Waals surface area (Å²) < 4.78 is 0. The lowest BCUT2D eigenvalue weighted by Crippen LogP contribution is -2.20. The third-order valence-electron chi connectivity index (χ3n) is 6.33. The lowest BCUT2D eigenvalue weighted by atomic mass is 9.83. The van der Waals surface area contributed by atoms with Gasteiger partial charge in [0.15, 0.2) is 0 Å². The van der Waals surface area contributed by atoms with Crippen molar-refractivity contribution in [1.29, 1.82) is 0 Å². The van der Waals surface area contributed by atoms with Crippen LogP contribution in [0.15, 0.2) is 82.4 Å². The van der Waals surface area contributed by atoms with Gasteiger partial charge in [0.25, 0.3) is 16.8 Å². The molecule has 0 spiro atoms. The Labute approximate surface area is 205 Å². The number of aryl methyl sites for hydroxylation is 2. The van der Waals surface area contributed by atoms with Crippen LogP contribution in [0.5, 0.6) is 0 Å². The zero-order valence-corrected chi connectivity index (χ0v) is 19.6. The molecule has 0 saturated heterocycles. The van der Waals surface area contributed by atoms with Crippen LogP contribution in [-0.2, 0) is 0 Å². The second-order valence-electron chi connectivity index (χ2n) is 8.75. The zero-order chi connectivity index (χ0) is 25.4. The fourth-order valence-electron chi connectivity index (χ4n) is 4.45. The van der Waals surface area contributed by atoms with Gasteiger partial charge in [-0.05, 0) is 30.5 Å². The molecule has 0 fully saturated rings. The molecule has 0 aliphatic heterocycles. The summed E-state index contributed by atoms with van der Waals surface area (Å²) in [5.74, 6) is -0.816. The third-order valence-corrected chi connectivity index (χ3v) is 6.33. The standard InChI is InChI=1S/C27H23N5O4/c1-15-3-7-18(8-4-15)24-22(26(33)30-28-24)21(17-11-13-20(14-12-17)32(35)36)23-25(29-31-27(23)34)19-9-5-16(2)6-10-19/h3-14,21H,1-2H3,(H2,28,30,33)(H2,29,31,34). The van der Waals surface area contributed by atoms with Gasteiger partial charge in [-0.3, -0.25) is 40.1 Å². The molecule has 36 heavy (non-hydrogen) atoms. The van der Waals surface area contributed by atoms with Crippen molar-refractivity contribution in [3.8, 4) is 22.5 Å². The monoisotopic (exact) mass is 481 g/mol. The number of H-pyrrole nitrogens is 4. The topological polar surface area (TPSA) is 140 Å². The van der Waals surface area contributed by atoms with E-state index in [4.69, 9.17) is 0 Å². The quantitative estimate of drug-likeness (QED) is 0.205. The number of aromatic amines is 4. The van der Waals surface area contributed by atoms with Crippen molar-refractivity contribution >= 4 is 5.69 Å².